The molecule has 2 saturated heterocycles. The van der Waals surface area contributed by atoms with Gasteiger partial charge in [-0.2, -0.15) is 9.78 Å². The van der Waals surface area contributed by atoms with Crippen LogP contribution < -0.4 is 0 Å². The monoisotopic (exact) mass is 390 g/mol. The van der Waals surface area contributed by atoms with Crippen LogP contribution in [0.3, 0.4) is 0 Å². The number of hydrogen-bond acceptors (Lipinski definition) is 4. The number of rotatable bonds is 3. The fraction of sp³-hybridized carbons (Fsp3) is 0.600. The molecule has 0 radical (unpaired) electrons. The molecule has 5 heteroatoms. The standard InChI is InChI=1S/C15H19IO4/c1-13(17)15(8-11-6-4-3-5-7-11)9-12(10-16)18-14(15,2)20-19-13/h3-7,12,17H,8-10H2,1-2H3/t12-,13-,14-,15+/m0/s1. The lowest BCUT2D eigenvalue weighted by atomic mass is 9.68. The smallest absolute Gasteiger partial charge is 0.210 e. The molecule has 2 aliphatic rings. The molecule has 4 nitrogen and oxygen atoms in total. The molecule has 0 saturated carbocycles. The largest absolute Gasteiger partial charge is 0.363 e. The van der Waals surface area contributed by atoms with Crippen LogP contribution in [-0.4, -0.2) is 27.2 Å². The molecule has 20 heavy (non-hydrogen) atoms. The van der Waals surface area contributed by atoms with Crippen molar-refractivity contribution in [2.24, 2.45) is 5.41 Å². The maximum atomic E-state index is 10.7. The number of benzene rings is 1. The van der Waals surface area contributed by atoms with Crippen molar-refractivity contribution in [2.45, 2.75) is 44.4 Å². The van der Waals surface area contributed by atoms with Crippen LogP contribution in [0.15, 0.2) is 30.3 Å². The van der Waals surface area contributed by atoms with Crippen molar-refractivity contribution in [3.63, 3.8) is 0 Å². The third-order valence-electron chi connectivity index (χ3n) is 4.61. The second kappa shape index (κ2) is 4.91. The highest BCUT2D eigenvalue weighted by Crippen LogP contribution is 2.60. The topological polar surface area (TPSA) is 47.9 Å². The molecule has 0 amide bonds. The molecule has 1 N–H and O–H groups in total. The second-order valence-electron chi connectivity index (χ2n) is 5.94. The number of alkyl halides is 1. The Hall–Kier alpha value is -0.210. The summed E-state index contributed by atoms with van der Waals surface area (Å²) in [6.45, 7) is 3.53. The van der Waals surface area contributed by atoms with Crippen LogP contribution in [0.1, 0.15) is 25.8 Å². The van der Waals surface area contributed by atoms with Crippen molar-refractivity contribution in [1.29, 1.82) is 0 Å². The van der Waals surface area contributed by atoms with E-state index in [0.29, 0.717) is 12.8 Å². The normalized spacial score (nSPS) is 43.7. The van der Waals surface area contributed by atoms with E-state index >= 15 is 0 Å². The first kappa shape index (κ1) is 14.7. The summed E-state index contributed by atoms with van der Waals surface area (Å²) in [5, 5.41) is 10.7. The summed E-state index contributed by atoms with van der Waals surface area (Å²) in [7, 11) is 0. The Kier molecular flexibility index (Phi) is 3.62. The van der Waals surface area contributed by atoms with Gasteiger partial charge in [0.2, 0.25) is 11.6 Å². The third kappa shape index (κ3) is 2.02. The molecule has 4 atom stereocenters. The average molecular weight is 390 g/mol. The molecule has 2 heterocycles. The predicted molar refractivity (Wildman–Crippen MR) is 82.2 cm³/mol. The number of fused-ring (bicyclic) bond motifs is 1. The molecule has 1 aromatic carbocycles. The lowest BCUT2D eigenvalue weighted by Crippen LogP contribution is -2.52. The summed E-state index contributed by atoms with van der Waals surface area (Å²) < 4.78 is 6.88. The van der Waals surface area contributed by atoms with E-state index < -0.39 is 17.0 Å². The van der Waals surface area contributed by atoms with E-state index in [9.17, 15) is 5.11 Å². The summed E-state index contributed by atoms with van der Waals surface area (Å²) in [4.78, 5) is 10.6. The van der Waals surface area contributed by atoms with Gasteiger partial charge in [0.15, 0.2) is 0 Å². The molecule has 1 aromatic rings. The lowest BCUT2D eigenvalue weighted by molar-refractivity contribution is -0.424. The van der Waals surface area contributed by atoms with Gasteiger partial charge in [-0.1, -0.05) is 52.9 Å². The summed E-state index contributed by atoms with van der Waals surface area (Å²) in [6.07, 6.45) is 1.44. The fourth-order valence-corrected chi connectivity index (χ4v) is 3.92. The van der Waals surface area contributed by atoms with Crippen LogP contribution in [0.5, 0.6) is 0 Å². The average Bonchev–Trinajstić information content (AvgIpc) is 2.81. The Morgan fingerprint density at radius 3 is 2.60 bits per heavy atom. The van der Waals surface area contributed by atoms with E-state index in [2.05, 4.69) is 34.7 Å². The van der Waals surface area contributed by atoms with Gasteiger partial charge in [-0.25, -0.2) is 0 Å². The summed E-state index contributed by atoms with van der Waals surface area (Å²) in [6, 6.07) is 10.1. The summed E-state index contributed by atoms with van der Waals surface area (Å²) in [5.74, 6) is -2.28. The van der Waals surface area contributed by atoms with Crippen molar-refractivity contribution in [2.75, 3.05) is 4.43 Å². The van der Waals surface area contributed by atoms with Crippen molar-refractivity contribution >= 4 is 22.6 Å². The fourth-order valence-electron chi connectivity index (χ4n) is 3.42. The zero-order valence-corrected chi connectivity index (χ0v) is 13.8. The first-order valence-electron chi connectivity index (χ1n) is 6.79. The van der Waals surface area contributed by atoms with Crippen LogP contribution in [0.25, 0.3) is 0 Å². The van der Waals surface area contributed by atoms with E-state index in [-0.39, 0.29) is 6.10 Å². The van der Waals surface area contributed by atoms with Crippen molar-refractivity contribution in [1.82, 2.24) is 0 Å². The van der Waals surface area contributed by atoms with Gasteiger partial charge in [0, 0.05) is 4.43 Å². The van der Waals surface area contributed by atoms with Gasteiger partial charge in [0.25, 0.3) is 0 Å². The minimum absolute atomic E-state index is 0.0692. The molecule has 0 aromatic heterocycles. The maximum Gasteiger partial charge on any atom is 0.210 e. The van der Waals surface area contributed by atoms with Gasteiger partial charge >= 0.3 is 0 Å². The number of hydrogen-bond donors (Lipinski definition) is 1. The highest BCUT2D eigenvalue weighted by Gasteiger charge is 2.72. The van der Waals surface area contributed by atoms with Crippen molar-refractivity contribution in [3.8, 4) is 0 Å². The third-order valence-corrected chi connectivity index (χ3v) is 5.59. The number of ether oxygens (including phenoxy) is 1. The van der Waals surface area contributed by atoms with E-state index in [1.807, 2.05) is 25.1 Å². The molecule has 0 aliphatic carbocycles. The van der Waals surface area contributed by atoms with E-state index in [4.69, 9.17) is 14.5 Å². The van der Waals surface area contributed by atoms with Crippen LogP contribution in [0, 0.1) is 5.41 Å². The van der Waals surface area contributed by atoms with Gasteiger partial charge in [0.05, 0.1) is 11.5 Å². The van der Waals surface area contributed by atoms with Crippen LogP contribution >= 0.6 is 22.6 Å². The van der Waals surface area contributed by atoms with Gasteiger partial charge < -0.3 is 9.84 Å². The van der Waals surface area contributed by atoms with E-state index in [1.54, 1.807) is 6.92 Å². The highest BCUT2D eigenvalue weighted by atomic mass is 127. The first-order valence-corrected chi connectivity index (χ1v) is 8.32. The minimum atomic E-state index is -1.36. The number of aliphatic hydroxyl groups is 1. The summed E-state index contributed by atoms with van der Waals surface area (Å²) in [5.41, 5.74) is 0.544. The first-order chi connectivity index (χ1) is 9.42. The molecular weight excluding hydrogens is 371 g/mol. The Balaban J connectivity index is 2.00. The van der Waals surface area contributed by atoms with Gasteiger partial charge in [-0.05, 0) is 32.3 Å². The second-order valence-corrected chi connectivity index (χ2v) is 6.82. The summed E-state index contributed by atoms with van der Waals surface area (Å²) >= 11 is 2.30. The Bertz CT molecular complexity index is 492. The maximum absolute atomic E-state index is 10.7. The van der Waals surface area contributed by atoms with Gasteiger partial charge in [-0.3, -0.25) is 0 Å². The quantitative estimate of drug-likeness (QED) is 0.490. The van der Waals surface area contributed by atoms with Crippen molar-refractivity contribution < 1.29 is 19.6 Å². The molecule has 3 rings (SSSR count). The van der Waals surface area contributed by atoms with Gasteiger partial charge in [0.1, 0.15) is 0 Å². The lowest BCUT2D eigenvalue weighted by Gasteiger charge is -2.38. The Morgan fingerprint density at radius 2 is 1.95 bits per heavy atom. The SMILES string of the molecule is C[C@]12OO[C@](C)(O)[C@@]1(Cc1ccccc1)C[C@@H](CI)O2. The van der Waals surface area contributed by atoms with Crippen LogP contribution in [0.4, 0.5) is 0 Å². The van der Waals surface area contributed by atoms with E-state index in [1.165, 1.54) is 0 Å². The van der Waals surface area contributed by atoms with Crippen molar-refractivity contribution in [3.05, 3.63) is 35.9 Å². The minimum Gasteiger partial charge on any atom is -0.363 e. The molecule has 2 fully saturated rings. The molecule has 0 unspecified atom stereocenters. The van der Waals surface area contributed by atoms with Gasteiger partial charge in [-0.15, -0.1) is 0 Å². The predicted octanol–water partition coefficient (Wildman–Crippen LogP) is 2.83. The van der Waals surface area contributed by atoms with E-state index in [0.717, 1.165) is 9.99 Å². The zero-order valence-electron chi connectivity index (χ0n) is 11.6. The number of halogens is 1. The van der Waals surface area contributed by atoms with Crippen LogP contribution in [-0.2, 0) is 20.9 Å². The highest BCUT2D eigenvalue weighted by molar-refractivity contribution is 14.1. The Labute approximate surface area is 132 Å². The molecule has 0 spiro atoms. The zero-order chi connectivity index (χ0) is 14.4. The molecular formula is C15H19IO4. The molecule has 2 aliphatic heterocycles. The molecule has 0 bridgehead atoms. The van der Waals surface area contributed by atoms with Crippen LogP contribution in [0.2, 0.25) is 0 Å². The molecule has 110 valence electrons. The Morgan fingerprint density at radius 1 is 1.25 bits per heavy atom.